The molecule has 60 valence electrons. The lowest BCUT2D eigenvalue weighted by atomic mass is 9.97. The van der Waals surface area contributed by atoms with Crippen LogP contribution in [-0.2, 0) is 17.7 Å². The summed E-state index contributed by atoms with van der Waals surface area (Å²) in [5.74, 6) is 0. The Balaban J connectivity index is 2.65. The van der Waals surface area contributed by atoms with E-state index in [1.165, 1.54) is 5.56 Å². The molecule has 2 heteroatoms. The van der Waals surface area contributed by atoms with E-state index in [0.29, 0.717) is 11.3 Å². The summed E-state index contributed by atoms with van der Waals surface area (Å²) in [6.45, 7) is 0. The zero-order chi connectivity index (χ0) is 8.39. The molecule has 2 rings (SSSR count). The smallest absolute Gasteiger partial charge is 0.0971 e. The maximum absolute atomic E-state index is 10.7. The third-order valence-electron chi connectivity index (χ3n) is 1.98. The molecule has 0 aliphatic heterocycles. The van der Waals surface area contributed by atoms with Gasteiger partial charge in [0.2, 0.25) is 0 Å². The van der Waals surface area contributed by atoms with Gasteiger partial charge in [-0.1, -0.05) is 30.3 Å². The molecule has 0 bridgehead atoms. The van der Waals surface area contributed by atoms with E-state index < -0.39 is 0 Å². The van der Waals surface area contributed by atoms with Gasteiger partial charge in [0.1, 0.15) is 0 Å². The zero-order valence-electron chi connectivity index (χ0n) is 6.49. The first-order valence-electron chi connectivity index (χ1n) is 3.83. The van der Waals surface area contributed by atoms with Gasteiger partial charge in [-0.3, -0.25) is 0 Å². The first-order chi connectivity index (χ1) is 5.92. The highest BCUT2D eigenvalue weighted by Gasteiger charge is 2.08. The molecule has 1 nitrogen and oxygen atoms in total. The summed E-state index contributed by atoms with van der Waals surface area (Å²) in [7, 11) is 0. The van der Waals surface area contributed by atoms with Crippen molar-refractivity contribution >= 4 is 16.1 Å². The van der Waals surface area contributed by atoms with Gasteiger partial charge in [0.05, 0.1) is 16.1 Å². The second kappa shape index (κ2) is 3.07. The quantitative estimate of drug-likeness (QED) is 0.548. The molecule has 0 saturated carbocycles. The summed E-state index contributed by atoms with van der Waals surface area (Å²) in [6.07, 6.45) is 4.88. The van der Waals surface area contributed by atoms with Crippen LogP contribution in [0.25, 0.3) is 0 Å². The molecule has 1 aliphatic rings. The SMILES string of the molecule is O=S=C1C=CCc2ccccc21. The standard InChI is InChI=1S/C10H8OS/c11-12-10-7-3-5-8-4-1-2-6-9(8)10/h1-4,6-7H,5H2. The van der Waals surface area contributed by atoms with Crippen LogP contribution in [-0.4, -0.2) is 9.07 Å². The minimum absolute atomic E-state index is 0.568. The fourth-order valence-electron chi connectivity index (χ4n) is 1.39. The maximum atomic E-state index is 10.7. The van der Waals surface area contributed by atoms with Crippen LogP contribution in [0.4, 0.5) is 0 Å². The summed E-state index contributed by atoms with van der Waals surface area (Å²) in [5, 5.41) is 0. The van der Waals surface area contributed by atoms with Crippen molar-refractivity contribution in [2.75, 3.05) is 0 Å². The molecule has 1 aromatic rings. The molecule has 0 aromatic heterocycles. The lowest BCUT2D eigenvalue weighted by Crippen LogP contribution is -2.05. The highest BCUT2D eigenvalue weighted by molar-refractivity contribution is 7.67. The van der Waals surface area contributed by atoms with E-state index in [1.54, 1.807) is 0 Å². The second-order valence-electron chi connectivity index (χ2n) is 2.71. The summed E-state index contributed by atoms with van der Waals surface area (Å²) >= 11 is 0.568. The molecule has 0 heterocycles. The topological polar surface area (TPSA) is 17.1 Å². The van der Waals surface area contributed by atoms with Crippen molar-refractivity contribution in [2.24, 2.45) is 0 Å². The minimum Gasteiger partial charge on any atom is -0.212 e. The average molecular weight is 176 g/mol. The third kappa shape index (κ3) is 1.14. The van der Waals surface area contributed by atoms with Gasteiger partial charge in [-0.2, -0.15) is 0 Å². The highest BCUT2D eigenvalue weighted by atomic mass is 32.1. The van der Waals surface area contributed by atoms with Gasteiger partial charge >= 0.3 is 0 Å². The molecule has 0 unspecified atom stereocenters. The number of fused-ring (bicyclic) bond motifs is 1. The molecule has 1 aliphatic carbocycles. The van der Waals surface area contributed by atoms with Crippen LogP contribution in [0.1, 0.15) is 11.1 Å². The van der Waals surface area contributed by atoms with Crippen molar-refractivity contribution in [3.05, 3.63) is 47.5 Å². The van der Waals surface area contributed by atoms with Gasteiger partial charge < -0.3 is 0 Å². The van der Waals surface area contributed by atoms with Gasteiger partial charge in [-0.15, -0.1) is 0 Å². The summed E-state index contributed by atoms with van der Waals surface area (Å²) in [5.41, 5.74) is 2.35. The third-order valence-corrected chi connectivity index (χ3v) is 2.52. The monoisotopic (exact) mass is 176 g/mol. The Kier molecular flexibility index (Phi) is 1.92. The van der Waals surface area contributed by atoms with E-state index in [1.807, 2.05) is 30.4 Å². The fourth-order valence-corrected chi connectivity index (χ4v) is 1.83. The molecular formula is C10H8OS. The van der Waals surface area contributed by atoms with Crippen molar-refractivity contribution in [3.63, 3.8) is 0 Å². The van der Waals surface area contributed by atoms with Crippen molar-refractivity contribution in [3.8, 4) is 0 Å². The predicted molar refractivity (Wildman–Crippen MR) is 51.5 cm³/mol. The summed E-state index contributed by atoms with van der Waals surface area (Å²) < 4.78 is 10.7. The largest absolute Gasteiger partial charge is 0.212 e. The van der Waals surface area contributed by atoms with Crippen LogP contribution >= 0.6 is 0 Å². The molecule has 0 N–H and O–H groups in total. The Morgan fingerprint density at radius 1 is 1.25 bits per heavy atom. The number of benzene rings is 1. The van der Waals surface area contributed by atoms with Crippen molar-refractivity contribution in [1.29, 1.82) is 0 Å². The predicted octanol–water partition coefficient (Wildman–Crippen LogP) is 1.53. The van der Waals surface area contributed by atoms with Gasteiger partial charge in [-0.05, 0) is 23.6 Å². The van der Waals surface area contributed by atoms with E-state index in [4.69, 9.17) is 0 Å². The molecule has 0 saturated heterocycles. The number of hydrogen-bond donors (Lipinski definition) is 0. The fraction of sp³-hybridized carbons (Fsp3) is 0.100. The Morgan fingerprint density at radius 2 is 2.08 bits per heavy atom. The van der Waals surface area contributed by atoms with Gasteiger partial charge in [0, 0.05) is 0 Å². The zero-order valence-corrected chi connectivity index (χ0v) is 7.30. The van der Waals surface area contributed by atoms with E-state index in [0.717, 1.165) is 16.8 Å². The Hall–Kier alpha value is -1.15. The summed E-state index contributed by atoms with van der Waals surface area (Å²) in [4.78, 5) is 0.830. The minimum atomic E-state index is 0.568. The van der Waals surface area contributed by atoms with Gasteiger partial charge in [-0.25, -0.2) is 4.21 Å². The maximum Gasteiger partial charge on any atom is 0.0971 e. The van der Waals surface area contributed by atoms with Crippen molar-refractivity contribution in [1.82, 2.24) is 0 Å². The lowest BCUT2D eigenvalue weighted by molar-refractivity contribution is 0.701. The number of allylic oxidation sites excluding steroid dienone is 2. The normalized spacial score (nSPS) is 14.2. The molecular weight excluding hydrogens is 168 g/mol. The van der Waals surface area contributed by atoms with Crippen LogP contribution in [0.15, 0.2) is 36.4 Å². The Labute approximate surface area is 74.8 Å². The first kappa shape index (κ1) is 7.50. The molecule has 0 spiro atoms. The highest BCUT2D eigenvalue weighted by Crippen LogP contribution is 2.15. The van der Waals surface area contributed by atoms with Crippen LogP contribution in [0.5, 0.6) is 0 Å². The van der Waals surface area contributed by atoms with E-state index in [2.05, 4.69) is 6.07 Å². The average Bonchev–Trinajstić information content (AvgIpc) is 2.17. The molecule has 1 aromatic carbocycles. The number of hydrogen-bond acceptors (Lipinski definition) is 1. The van der Waals surface area contributed by atoms with Gasteiger partial charge in [0.15, 0.2) is 0 Å². The van der Waals surface area contributed by atoms with Gasteiger partial charge in [0.25, 0.3) is 0 Å². The Bertz CT molecular complexity index is 387. The second-order valence-corrected chi connectivity index (χ2v) is 3.32. The van der Waals surface area contributed by atoms with Crippen molar-refractivity contribution in [2.45, 2.75) is 6.42 Å². The van der Waals surface area contributed by atoms with E-state index >= 15 is 0 Å². The molecule has 0 radical (unpaired) electrons. The van der Waals surface area contributed by atoms with Crippen LogP contribution in [0.3, 0.4) is 0 Å². The van der Waals surface area contributed by atoms with Crippen molar-refractivity contribution < 1.29 is 4.21 Å². The van der Waals surface area contributed by atoms with Crippen LogP contribution in [0, 0.1) is 0 Å². The molecule has 0 atom stereocenters. The summed E-state index contributed by atoms with van der Waals surface area (Å²) in [6, 6.07) is 8.04. The first-order valence-corrected chi connectivity index (χ1v) is 4.57. The molecule has 0 amide bonds. The van der Waals surface area contributed by atoms with Crippen LogP contribution in [0.2, 0.25) is 0 Å². The molecule has 12 heavy (non-hydrogen) atoms. The lowest BCUT2D eigenvalue weighted by Gasteiger charge is -2.09. The van der Waals surface area contributed by atoms with E-state index in [9.17, 15) is 4.21 Å². The molecule has 0 fully saturated rings. The Morgan fingerprint density at radius 3 is 2.92 bits per heavy atom. The number of rotatable bonds is 0. The van der Waals surface area contributed by atoms with E-state index in [-0.39, 0.29) is 0 Å². The van der Waals surface area contributed by atoms with Crippen LogP contribution < -0.4 is 0 Å².